The number of rotatable bonds is 3. The minimum absolute atomic E-state index is 0.0000206. The summed E-state index contributed by atoms with van der Waals surface area (Å²) in [5.41, 5.74) is 0.632. The number of sulfonamides is 1. The fourth-order valence-electron chi connectivity index (χ4n) is 2.83. The number of amides is 1. The molecule has 134 valence electrons. The van der Waals surface area contributed by atoms with E-state index in [-0.39, 0.29) is 42.5 Å². The fourth-order valence-corrected chi connectivity index (χ4v) is 4.52. The second-order valence-electron chi connectivity index (χ2n) is 5.81. The minimum atomic E-state index is -3.77. The van der Waals surface area contributed by atoms with Crippen molar-refractivity contribution in [2.24, 2.45) is 0 Å². The van der Waals surface area contributed by atoms with Crippen LogP contribution in [0.5, 0.6) is 0 Å². The lowest BCUT2D eigenvalue weighted by Gasteiger charge is -2.34. The number of piperazine rings is 1. The zero-order valence-electron chi connectivity index (χ0n) is 13.8. The Morgan fingerprint density at radius 3 is 2.23 bits per heavy atom. The molecule has 1 aliphatic heterocycles. The number of carbonyl (C=O) groups excluding carboxylic acids is 1. The van der Waals surface area contributed by atoms with Crippen LogP contribution in [-0.4, -0.2) is 49.7 Å². The predicted octanol–water partition coefficient (Wildman–Crippen LogP) is 2.36. The summed E-state index contributed by atoms with van der Waals surface area (Å²) >= 11 is 5.83. The van der Waals surface area contributed by atoms with E-state index in [1.807, 2.05) is 6.07 Å². The Labute approximate surface area is 157 Å². The van der Waals surface area contributed by atoms with E-state index < -0.39 is 10.0 Å². The average Bonchev–Trinajstić information content (AvgIpc) is 2.68. The summed E-state index contributed by atoms with van der Waals surface area (Å²) in [5, 5.41) is 9.69. The first-order valence-electron chi connectivity index (χ1n) is 7.97. The fraction of sp³-hybridized carbons (Fsp3) is 0.222. The van der Waals surface area contributed by atoms with E-state index in [0.717, 1.165) is 0 Å². The van der Waals surface area contributed by atoms with Gasteiger partial charge >= 0.3 is 0 Å². The first-order valence-corrected chi connectivity index (χ1v) is 9.79. The van der Waals surface area contributed by atoms with Gasteiger partial charge in [0.25, 0.3) is 5.91 Å². The highest BCUT2D eigenvalue weighted by Gasteiger charge is 2.31. The monoisotopic (exact) mass is 389 g/mol. The molecule has 0 aliphatic carbocycles. The van der Waals surface area contributed by atoms with Gasteiger partial charge in [0.1, 0.15) is 6.07 Å². The lowest BCUT2D eigenvalue weighted by atomic mass is 10.2. The van der Waals surface area contributed by atoms with Crippen LogP contribution in [0.3, 0.4) is 0 Å². The van der Waals surface area contributed by atoms with Gasteiger partial charge in [-0.15, -0.1) is 0 Å². The molecule has 6 nitrogen and oxygen atoms in total. The molecule has 0 aromatic heterocycles. The summed E-state index contributed by atoms with van der Waals surface area (Å²) in [4.78, 5) is 14.1. The van der Waals surface area contributed by atoms with Crippen LogP contribution < -0.4 is 0 Å². The van der Waals surface area contributed by atoms with Gasteiger partial charge in [-0.25, -0.2) is 8.42 Å². The molecule has 0 unspecified atom stereocenters. The Balaban J connectivity index is 1.73. The van der Waals surface area contributed by atoms with Crippen LogP contribution in [0.4, 0.5) is 0 Å². The van der Waals surface area contributed by atoms with Crippen LogP contribution in [0.1, 0.15) is 15.9 Å². The van der Waals surface area contributed by atoms with E-state index in [4.69, 9.17) is 16.9 Å². The third-order valence-electron chi connectivity index (χ3n) is 4.24. The van der Waals surface area contributed by atoms with Crippen molar-refractivity contribution in [1.29, 1.82) is 5.26 Å². The topological polar surface area (TPSA) is 81.5 Å². The zero-order chi connectivity index (χ0) is 18.7. The Kier molecular flexibility index (Phi) is 5.28. The van der Waals surface area contributed by atoms with Gasteiger partial charge in [-0.05, 0) is 36.4 Å². The van der Waals surface area contributed by atoms with Crippen molar-refractivity contribution in [2.45, 2.75) is 4.90 Å². The number of halogens is 1. The maximum absolute atomic E-state index is 12.8. The number of nitrogens with zero attached hydrogens (tertiary/aromatic N) is 3. The molecule has 0 N–H and O–H groups in total. The third kappa shape index (κ3) is 3.58. The van der Waals surface area contributed by atoms with E-state index in [9.17, 15) is 13.2 Å². The van der Waals surface area contributed by atoms with E-state index in [2.05, 4.69) is 0 Å². The predicted molar refractivity (Wildman–Crippen MR) is 97.3 cm³/mol. The number of carbonyl (C=O) groups is 1. The molecule has 1 saturated heterocycles. The molecule has 0 spiro atoms. The largest absolute Gasteiger partial charge is 0.336 e. The van der Waals surface area contributed by atoms with Crippen molar-refractivity contribution in [2.75, 3.05) is 26.2 Å². The molecule has 1 fully saturated rings. The highest BCUT2D eigenvalue weighted by atomic mass is 35.5. The second kappa shape index (κ2) is 7.46. The van der Waals surface area contributed by atoms with Crippen LogP contribution in [0.25, 0.3) is 0 Å². The lowest BCUT2D eigenvalue weighted by molar-refractivity contribution is 0.0698. The first kappa shape index (κ1) is 18.4. The molecule has 2 aromatic carbocycles. The van der Waals surface area contributed by atoms with Crippen molar-refractivity contribution >= 4 is 27.5 Å². The summed E-state index contributed by atoms with van der Waals surface area (Å²) in [6, 6.07) is 14.6. The van der Waals surface area contributed by atoms with Gasteiger partial charge in [0.05, 0.1) is 10.5 Å². The van der Waals surface area contributed by atoms with Crippen molar-refractivity contribution < 1.29 is 13.2 Å². The number of hydrogen-bond acceptors (Lipinski definition) is 4. The molecule has 0 saturated carbocycles. The van der Waals surface area contributed by atoms with Crippen LogP contribution in [0.15, 0.2) is 53.4 Å². The third-order valence-corrected chi connectivity index (χ3v) is 6.45. The van der Waals surface area contributed by atoms with Gasteiger partial charge in [0, 0.05) is 36.8 Å². The van der Waals surface area contributed by atoms with Crippen LogP contribution in [-0.2, 0) is 10.0 Å². The summed E-state index contributed by atoms with van der Waals surface area (Å²) < 4.78 is 26.9. The molecule has 2 aromatic rings. The van der Waals surface area contributed by atoms with Crippen LogP contribution in [0.2, 0.25) is 5.02 Å². The summed E-state index contributed by atoms with van der Waals surface area (Å²) in [6.45, 7) is 0.938. The van der Waals surface area contributed by atoms with Gasteiger partial charge < -0.3 is 4.90 Å². The Morgan fingerprint density at radius 2 is 1.62 bits per heavy atom. The SMILES string of the molecule is N#Cc1ccccc1S(=O)(=O)N1CCN(C(=O)c2ccc(Cl)cc2)CC1. The van der Waals surface area contributed by atoms with Gasteiger partial charge in [-0.3, -0.25) is 4.79 Å². The van der Waals surface area contributed by atoms with Crippen LogP contribution >= 0.6 is 11.6 Å². The van der Waals surface area contributed by atoms with Gasteiger partial charge in [0.2, 0.25) is 10.0 Å². The number of benzene rings is 2. The summed E-state index contributed by atoms with van der Waals surface area (Å²) in [7, 11) is -3.77. The molecule has 1 amide bonds. The molecule has 0 radical (unpaired) electrons. The van der Waals surface area contributed by atoms with E-state index in [1.165, 1.54) is 16.4 Å². The van der Waals surface area contributed by atoms with Gasteiger partial charge in [-0.2, -0.15) is 9.57 Å². The smallest absolute Gasteiger partial charge is 0.253 e. The maximum Gasteiger partial charge on any atom is 0.253 e. The molecular weight excluding hydrogens is 374 g/mol. The van der Waals surface area contributed by atoms with Crippen molar-refractivity contribution in [1.82, 2.24) is 9.21 Å². The zero-order valence-corrected chi connectivity index (χ0v) is 15.4. The highest BCUT2D eigenvalue weighted by molar-refractivity contribution is 7.89. The molecule has 0 atom stereocenters. The van der Waals surface area contributed by atoms with E-state index >= 15 is 0 Å². The average molecular weight is 390 g/mol. The van der Waals surface area contributed by atoms with Crippen molar-refractivity contribution in [3.8, 4) is 6.07 Å². The van der Waals surface area contributed by atoms with E-state index in [0.29, 0.717) is 10.6 Å². The molecule has 1 aliphatic rings. The normalized spacial score (nSPS) is 15.5. The van der Waals surface area contributed by atoms with Crippen LogP contribution in [0, 0.1) is 11.3 Å². The minimum Gasteiger partial charge on any atom is -0.336 e. The molecule has 1 heterocycles. The van der Waals surface area contributed by atoms with Gasteiger partial charge in [-0.1, -0.05) is 23.7 Å². The molecule has 8 heteroatoms. The Hall–Kier alpha value is -2.40. The summed E-state index contributed by atoms with van der Waals surface area (Å²) in [5.74, 6) is -0.156. The van der Waals surface area contributed by atoms with Gasteiger partial charge in [0.15, 0.2) is 0 Å². The molecule has 3 rings (SSSR count). The van der Waals surface area contributed by atoms with Crippen molar-refractivity contribution in [3.63, 3.8) is 0 Å². The summed E-state index contributed by atoms with van der Waals surface area (Å²) in [6.07, 6.45) is 0. The number of hydrogen-bond donors (Lipinski definition) is 0. The number of nitriles is 1. The van der Waals surface area contributed by atoms with E-state index in [1.54, 1.807) is 41.3 Å². The second-order valence-corrected chi connectivity index (χ2v) is 8.15. The molecule has 0 bridgehead atoms. The molecule has 26 heavy (non-hydrogen) atoms. The van der Waals surface area contributed by atoms with Crippen molar-refractivity contribution in [3.05, 3.63) is 64.7 Å². The highest BCUT2D eigenvalue weighted by Crippen LogP contribution is 2.21. The Bertz CT molecular complexity index is 960. The lowest BCUT2D eigenvalue weighted by Crippen LogP contribution is -2.50. The quantitative estimate of drug-likeness (QED) is 0.806. The Morgan fingerprint density at radius 1 is 1.00 bits per heavy atom. The first-order chi connectivity index (χ1) is 12.4. The maximum atomic E-state index is 12.8. The standard InChI is InChI=1S/C18H16ClN3O3S/c19-16-7-5-14(6-8-16)18(23)21-9-11-22(12-10-21)26(24,25)17-4-2-1-3-15(17)13-20/h1-8H,9-12H2. The molecular formula is C18H16ClN3O3S.